The Morgan fingerprint density at radius 1 is 1.11 bits per heavy atom. The average molecular weight is 249 g/mol. The summed E-state index contributed by atoms with van der Waals surface area (Å²) in [6.45, 7) is 1.49. The molecule has 0 bridgehead atoms. The fraction of sp³-hybridized carbons (Fsp3) is 0.600. The molecular formula is C15H23NO2. The van der Waals surface area contributed by atoms with E-state index in [4.69, 9.17) is 5.11 Å². The van der Waals surface area contributed by atoms with E-state index in [2.05, 4.69) is 5.32 Å². The normalized spacial score (nSPS) is 18.8. The van der Waals surface area contributed by atoms with E-state index in [1.54, 1.807) is 0 Å². The van der Waals surface area contributed by atoms with Crippen LogP contribution in [0.25, 0.3) is 0 Å². The predicted octanol–water partition coefficient (Wildman–Crippen LogP) is 1.96. The third-order valence-electron chi connectivity index (χ3n) is 3.74. The van der Waals surface area contributed by atoms with Crippen molar-refractivity contribution in [3.05, 3.63) is 35.4 Å². The zero-order valence-corrected chi connectivity index (χ0v) is 10.9. The first-order valence-electron chi connectivity index (χ1n) is 6.84. The van der Waals surface area contributed by atoms with Crippen molar-refractivity contribution in [2.75, 3.05) is 6.54 Å². The van der Waals surface area contributed by atoms with Gasteiger partial charge in [-0.25, -0.2) is 0 Å². The average Bonchev–Trinajstić information content (AvgIpc) is 2.40. The zero-order valence-electron chi connectivity index (χ0n) is 10.9. The van der Waals surface area contributed by atoms with Crippen molar-refractivity contribution in [3.8, 4) is 0 Å². The molecule has 1 aliphatic carbocycles. The van der Waals surface area contributed by atoms with Crippen LogP contribution in [0.5, 0.6) is 0 Å². The molecule has 0 unspecified atom stereocenters. The van der Waals surface area contributed by atoms with Gasteiger partial charge in [0.1, 0.15) is 0 Å². The molecule has 0 spiro atoms. The minimum atomic E-state index is -0.507. The number of aliphatic hydroxyl groups is 2. The summed E-state index contributed by atoms with van der Waals surface area (Å²) >= 11 is 0. The molecule has 0 aromatic heterocycles. The summed E-state index contributed by atoms with van der Waals surface area (Å²) in [7, 11) is 0. The Labute approximate surface area is 109 Å². The minimum absolute atomic E-state index is 0.0811. The summed E-state index contributed by atoms with van der Waals surface area (Å²) < 4.78 is 0. The van der Waals surface area contributed by atoms with Crippen LogP contribution in [-0.2, 0) is 13.2 Å². The van der Waals surface area contributed by atoms with E-state index in [1.807, 2.05) is 24.3 Å². The number of hydrogen-bond acceptors (Lipinski definition) is 3. The predicted molar refractivity (Wildman–Crippen MR) is 72.1 cm³/mol. The summed E-state index contributed by atoms with van der Waals surface area (Å²) in [5.41, 5.74) is 1.58. The summed E-state index contributed by atoms with van der Waals surface area (Å²) in [6.07, 6.45) is 5.35. The van der Waals surface area contributed by atoms with Crippen molar-refractivity contribution in [1.29, 1.82) is 0 Å². The Morgan fingerprint density at radius 2 is 1.83 bits per heavy atom. The number of hydrogen-bond donors (Lipinski definition) is 3. The summed E-state index contributed by atoms with van der Waals surface area (Å²) in [6, 6.07) is 7.91. The molecular weight excluding hydrogens is 226 g/mol. The monoisotopic (exact) mass is 249 g/mol. The second-order valence-corrected chi connectivity index (χ2v) is 5.37. The van der Waals surface area contributed by atoms with Gasteiger partial charge in [-0.15, -0.1) is 0 Å². The first-order chi connectivity index (χ1) is 8.72. The number of rotatable bonds is 5. The van der Waals surface area contributed by atoms with Gasteiger partial charge in [-0.05, 0) is 24.0 Å². The SMILES string of the molecule is OCc1cccc(CNCC2(O)CCCCC2)c1. The molecule has 0 heterocycles. The molecule has 1 aromatic rings. The van der Waals surface area contributed by atoms with E-state index in [9.17, 15) is 5.11 Å². The fourth-order valence-corrected chi connectivity index (χ4v) is 2.66. The Morgan fingerprint density at radius 3 is 2.56 bits per heavy atom. The topological polar surface area (TPSA) is 52.5 Å². The van der Waals surface area contributed by atoms with Crippen LogP contribution in [0.2, 0.25) is 0 Å². The van der Waals surface area contributed by atoms with E-state index >= 15 is 0 Å². The van der Waals surface area contributed by atoms with Crippen LogP contribution in [0.15, 0.2) is 24.3 Å². The maximum atomic E-state index is 10.3. The maximum absolute atomic E-state index is 10.3. The number of benzene rings is 1. The maximum Gasteiger partial charge on any atom is 0.0771 e. The van der Waals surface area contributed by atoms with Crippen molar-refractivity contribution < 1.29 is 10.2 Å². The Bertz CT molecular complexity index is 373. The first kappa shape index (κ1) is 13.5. The molecule has 0 saturated heterocycles. The number of aliphatic hydroxyl groups excluding tert-OH is 1. The molecule has 2 rings (SSSR count). The van der Waals surface area contributed by atoms with Gasteiger partial charge in [0.15, 0.2) is 0 Å². The van der Waals surface area contributed by atoms with Gasteiger partial charge in [-0.2, -0.15) is 0 Å². The van der Waals surface area contributed by atoms with E-state index in [0.717, 1.165) is 43.4 Å². The molecule has 100 valence electrons. The van der Waals surface area contributed by atoms with Crippen LogP contribution in [0, 0.1) is 0 Å². The lowest BCUT2D eigenvalue weighted by atomic mass is 9.85. The van der Waals surface area contributed by atoms with Crippen LogP contribution in [0.1, 0.15) is 43.2 Å². The van der Waals surface area contributed by atoms with Gasteiger partial charge in [-0.1, -0.05) is 43.5 Å². The van der Waals surface area contributed by atoms with Crippen molar-refractivity contribution in [3.63, 3.8) is 0 Å². The van der Waals surface area contributed by atoms with Crippen molar-refractivity contribution >= 4 is 0 Å². The molecule has 18 heavy (non-hydrogen) atoms. The molecule has 3 heteroatoms. The molecule has 1 fully saturated rings. The second kappa shape index (κ2) is 6.32. The highest BCUT2D eigenvalue weighted by atomic mass is 16.3. The standard InChI is InChI=1S/C15H23NO2/c17-11-14-6-4-5-13(9-14)10-16-12-15(18)7-2-1-3-8-15/h4-6,9,16-18H,1-3,7-8,10-12H2. The van der Waals surface area contributed by atoms with Crippen LogP contribution in [-0.4, -0.2) is 22.4 Å². The van der Waals surface area contributed by atoms with Gasteiger partial charge >= 0.3 is 0 Å². The van der Waals surface area contributed by atoms with Gasteiger partial charge in [0.25, 0.3) is 0 Å². The fourth-order valence-electron chi connectivity index (χ4n) is 2.66. The summed E-state index contributed by atoms with van der Waals surface area (Å²) in [5.74, 6) is 0. The van der Waals surface area contributed by atoms with Crippen molar-refractivity contribution in [2.45, 2.75) is 50.9 Å². The molecule has 1 saturated carbocycles. The second-order valence-electron chi connectivity index (χ2n) is 5.37. The lowest BCUT2D eigenvalue weighted by Crippen LogP contribution is -2.41. The van der Waals surface area contributed by atoms with E-state index in [0.29, 0.717) is 6.54 Å². The minimum Gasteiger partial charge on any atom is -0.392 e. The highest BCUT2D eigenvalue weighted by Crippen LogP contribution is 2.27. The molecule has 0 radical (unpaired) electrons. The third-order valence-corrected chi connectivity index (χ3v) is 3.74. The summed E-state index contributed by atoms with van der Waals surface area (Å²) in [5, 5.41) is 22.8. The van der Waals surface area contributed by atoms with Crippen molar-refractivity contribution in [2.24, 2.45) is 0 Å². The van der Waals surface area contributed by atoms with Crippen LogP contribution in [0.4, 0.5) is 0 Å². The van der Waals surface area contributed by atoms with Crippen LogP contribution in [0.3, 0.4) is 0 Å². The van der Waals surface area contributed by atoms with Gasteiger partial charge < -0.3 is 15.5 Å². The van der Waals surface area contributed by atoms with Crippen LogP contribution >= 0.6 is 0 Å². The lowest BCUT2D eigenvalue weighted by molar-refractivity contribution is 0.00467. The van der Waals surface area contributed by atoms with Gasteiger partial charge in [0.05, 0.1) is 12.2 Å². The lowest BCUT2D eigenvalue weighted by Gasteiger charge is -2.32. The molecule has 1 aliphatic rings. The smallest absolute Gasteiger partial charge is 0.0771 e. The van der Waals surface area contributed by atoms with E-state index in [-0.39, 0.29) is 6.61 Å². The Balaban J connectivity index is 1.80. The van der Waals surface area contributed by atoms with Gasteiger partial charge in [0.2, 0.25) is 0 Å². The van der Waals surface area contributed by atoms with Gasteiger partial charge in [-0.3, -0.25) is 0 Å². The van der Waals surface area contributed by atoms with Gasteiger partial charge in [0, 0.05) is 13.1 Å². The van der Waals surface area contributed by atoms with Crippen molar-refractivity contribution in [1.82, 2.24) is 5.32 Å². The quantitative estimate of drug-likeness (QED) is 0.748. The molecule has 3 N–H and O–H groups in total. The van der Waals surface area contributed by atoms with E-state index < -0.39 is 5.60 Å². The Kier molecular flexibility index (Phi) is 4.75. The molecule has 0 amide bonds. The molecule has 3 nitrogen and oxygen atoms in total. The van der Waals surface area contributed by atoms with Crippen LogP contribution < -0.4 is 5.32 Å². The molecule has 0 aliphatic heterocycles. The largest absolute Gasteiger partial charge is 0.392 e. The van der Waals surface area contributed by atoms with E-state index in [1.165, 1.54) is 6.42 Å². The zero-order chi connectivity index (χ0) is 12.8. The molecule has 1 aromatic carbocycles. The first-order valence-corrected chi connectivity index (χ1v) is 6.84. The summed E-state index contributed by atoms with van der Waals surface area (Å²) in [4.78, 5) is 0. The highest BCUT2D eigenvalue weighted by molar-refractivity contribution is 5.22. The Hall–Kier alpha value is -0.900. The highest BCUT2D eigenvalue weighted by Gasteiger charge is 2.28. The molecule has 0 atom stereocenters. The third kappa shape index (κ3) is 3.80. The number of nitrogens with one attached hydrogen (secondary N) is 1.